The molecule has 0 spiro atoms. The zero-order valence-electron chi connectivity index (χ0n) is 15.6. The van der Waals surface area contributed by atoms with Crippen LogP contribution in [0.2, 0.25) is 0 Å². The van der Waals surface area contributed by atoms with Gasteiger partial charge in [-0.25, -0.2) is 0 Å². The zero-order valence-corrected chi connectivity index (χ0v) is 17.2. The number of nitrogens with zero attached hydrogens (tertiary/aromatic N) is 2. The fourth-order valence-electron chi connectivity index (χ4n) is 3.10. The molecule has 1 heterocycles. The average molecular weight is 435 g/mol. The van der Waals surface area contributed by atoms with Gasteiger partial charge in [0.15, 0.2) is 0 Å². The van der Waals surface area contributed by atoms with Crippen molar-refractivity contribution >= 4 is 33.4 Å². The lowest BCUT2D eigenvalue weighted by molar-refractivity contribution is -0.136. The standard InChI is InChI=1S/C19H23BrN4O3/c1-12-16(13(2)24(23-12)10-11-27-3)21-17(25)18(26)22-19(8-9-19)14-4-6-15(20)7-5-14/h4-7H,8-11H2,1-3H3,(H,21,25)(H,22,26). The highest BCUT2D eigenvalue weighted by Gasteiger charge is 2.46. The molecule has 0 unspecified atom stereocenters. The second-order valence-corrected chi connectivity index (χ2v) is 7.67. The second kappa shape index (κ2) is 7.82. The number of nitrogens with one attached hydrogen (secondary N) is 2. The summed E-state index contributed by atoms with van der Waals surface area (Å²) < 4.78 is 7.80. The molecule has 3 rings (SSSR count). The molecule has 0 radical (unpaired) electrons. The molecular formula is C19H23BrN4O3. The largest absolute Gasteiger partial charge is 0.383 e. The van der Waals surface area contributed by atoms with E-state index >= 15 is 0 Å². The maximum Gasteiger partial charge on any atom is 0.313 e. The summed E-state index contributed by atoms with van der Waals surface area (Å²) in [7, 11) is 1.62. The third-order valence-corrected chi connectivity index (χ3v) is 5.36. The molecule has 1 aromatic heterocycles. The van der Waals surface area contributed by atoms with Crippen LogP contribution >= 0.6 is 15.9 Å². The van der Waals surface area contributed by atoms with E-state index in [-0.39, 0.29) is 0 Å². The number of methoxy groups -OCH3 is 1. The van der Waals surface area contributed by atoms with Crippen LogP contribution in [0.3, 0.4) is 0 Å². The number of hydrogen-bond acceptors (Lipinski definition) is 4. The Morgan fingerprint density at radius 1 is 1.22 bits per heavy atom. The minimum atomic E-state index is -0.684. The van der Waals surface area contributed by atoms with Gasteiger partial charge in [-0.1, -0.05) is 28.1 Å². The van der Waals surface area contributed by atoms with Crippen molar-refractivity contribution in [3.8, 4) is 0 Å². The Hall–Kier alpha value is -2.19. The highest BCUT2D eigenvalue weighted by molar-refractivity contribution is 9.10. The van der Waals surface area contributed by atoms with Crippen LogP contribution in [0.1, 0.15) is 29.8 Å². The normalized spacial score (nSPS) is 14.7. The van der Waals surface area contributed by atoms with Crippen LogP contribution in [0.15, 0.2) is 28.7 Å². The first-order chi connectivity index (χ1) is 12.9. The molecule has 8 heteroatoms. The van der Waals surface area contributed by atoms with Gasteiger partial charge < -0.3 is 15.4 Å². The number of aryl methyl sites for hydroxylation is 1. The van der Waals surface area contributed by atoms with E-state index in [9.17, 15) is 9.59 Å². The first-order valence-electron chi connectivity index (χ1n) is 8.79. The summed E-state index contributed by atoms with van der Waals surface area (Å²) in [6, 6.07) is 7.79. The van der Waals surface area contributed by atoms with Crippen molar-refractivity contribution in [2.45, 2.75) is 38.8 Å². The van der Waals surface area contributed by atoms with E-state index in [0.29, 0.717) is 24.5 Å². The summed E-state index contributed by atoms with van der Waals surface area (Å²) in [5.74, 6) is -1.32. The maximum atomic E-state index is 12.5. The number of carbonyl (C=O) groups excluding carboxylic acids is 2. The Labute approximate surface area is 166 Å². The fourth-order valence-corrected chi connectivity index (χ4v) is 3.36. The first kappa shape index (κ1) is 19.6. The van der Waals surface area contributed by atoms with E-state index in [1.807, 2.05) is 31.2 Å². The molecule has 2 N–H and O–H groups in total. The molecule has 1 aromatic carbocycles. The molecule has 7 nitrogen and oxygen atoms in total. The van der Waals surface area contributed by atoms with Crippen LogP contribution in [0.25, 0.3) is 0 Å². The minimum absolute atomic E-state index is 0.443. The zero-order chi connectivity index (χ0) is 19.6. The SMILES string of the molecule is COCCn1nc(C)c(NC(=O)C(=O)NC2(c3ccc(Br)cc3)CC2)c1C. The Bertz CT molecular complexity index is 857. The van der Waals surface area contributed by atoms with Gasteiger partial charge in [0.2, 0.25) is 0 Å². The van der Waals surface area contributed by atoms with Crippen molar-refractivity contribution in [1.82, 2.24) is 15.1 Å². The summed E-state index contributed by atoms with van der Waals surface area (Å²) in [5.41, 5.74) is 2.59. The number of anilines is 1. The lowest BCUT2D eigenvalue weighted by atomic mass is 10.1. The highest BCUT2D eigenvalue weighted by atomic mass is 79.9. The van der Waals surface area contributed by atoms with Gasteiger partial charge in [-0.2, -0.15) is 5.10 Å². The van der Waals surface area contributed by atoms with Crippen LogP contribution in [-0.2, 0) is 26.4 Å². The van der Waals surface area contributed by atoms with E-state index in [4.69, 9.17) is 4.74 Å². The molecule has 0 bridgehead atoms. The van der Waals surface area contributed by atoms with Crippen molar-refractivity contribution in [2.24, 2.45) is 0 Å². The van der Waals surface area contributed by atoms with E-state index < -0.39 is 17.4 Å². The monoisotopic (exact) mass is 434 g/mol. The Balaban J connectivity index is 1.67. The molecular weight excluding hydrogens is 412 g/mol. The Morgan fingerprint density at radius 3 is 2.48 bits per heavy atom. The van der Waals surface area contributed by atoms with Crippen LogP contribution in [0, 0.1) is 13.8 Å². The summed E-state index contributed by atoms with van der Waals surface area (Å²) in [6.45, 7) is 4.75. The maximum absolute atomic E-state index is 12.5. The second-order valence-electron chi connectivity index (χ2n) is 6.76. The number of carbonyl (C=O) groups is 2. The Kier molecular flexibility index (Phi) is 5.67. The van der Waals surface area contributed by atoms with Crippen molar-refractivity contribution in [3.63, 3.8) is 0 Å². The number of aromatic nitrogens is 2. The molecule has 144 valence electrons. The van der Waals surface area contributed by atoms with Crippen molar-refractivity contribution < 1.29 is 14.3 Å². The molecule has 1 aliphatic rings. The lowest BCUT2D eigenvalue weighted by Crippen LogP contribution is -2.42. The van der Waals surface area contributed by atoms with E-state index in [0.717, 1.165) is 28.6 Å². The van der Waals surface area contributed by atoms with Crippen molar-refractivity contribution in [1.29, 1.82) is 0 Å². The van der Waals surface area contributed by atoms with Gasteiger partial charge >= 0.3 is 11.8 Å². The predicted octanol–water partition coefficient (Wildman–Crippen LogP) is 2.65. The molecule has 1 saturated carbocycles. The lowest BCUT2D eigenvalue weighted by Gasteiger charge is -2.18. The average Bonchev–Trinajstić information content (AvgIpc) is 3.37. The van der Waals surface area contributed by atoms with Gasteiger partial charge in [0, 0.05) is 11.6 Å². The summed E-state index contributed by atoms with van der Waals surface area (Å²) in [4.78, 5) is 24.9. The van der Waals surface area contributed by atoms with Gasteiger partial charge in [0.05, 0.1) is 35.8 Å². The molecule has 1 aliphatic carbocycles. The van der Waals surface area contributed by atoms with E-state index in [2.05, 4.69) is 31.7 Å². The van der Waals surface area contributed by atoms with Gasteiger partial charge in [0.25, 0.3) is 0 Å². The number of halogens is 1. The quantitative estimate of drug-likeness (QED) is 0.684. The topological polar surface area (TPSA) is 85.2 Å². The van der Waals surface area contributed by atoms with E-state index in [1.54, 1.807) is 18.7 Å². The summed E-state index contributed by atoms with van der Waals surface area (Å²) in [6.07, 6.45) is 1.64. The number of benzene rings is 1. The third-order valence-electron chi connectivity index (χ3n) is 4.83. The number of hydrogen-bond donors (Lipinski definition) is 2. The highest BCUT2D eigenvalue weighted by Crippen LogP contribution is 2.45. The summed E-state index contributed by atoms with van der Waals surface area (Å²) in [5, 5.41) is 9.98. The van der Waals surface area contributed by atoms with Gasteiger partial charge in [-0.3, -0.25) is 14.3 Å². The van der Waals surface area contributed by atoms with Crippen LogP contribution in [0.5, 0.6) is 0 Å². The van der Waals surface area contributed by atoms with Crippen molar-refractivity contribution in [2.75, 3.05) is 19.0 Å². The molecule has 27 heavy (non-hydrogen) atoms. The van der Waals surface area contributed by atoms with Gasteiger partial charge in [-0.15, -0.1) is 0 Å². The number of ether oxygens (including phenoxy) is 1. The number of amides is 2. The molecule has 2 aromatic rings. The Morgan fingerprint density at radius 2 is 1.89 bits per heavy atom. The summed E-state index contributed by atoms with van der Waals surface area (Å²) >= 11 is 3.41. The molecule has 0 atom stereocenters. The molecule has 1 fully saturated rings. The fraction of sp³-hybridized carbons (Fsp3) is 0.421. The predicted molar refractivity (Wildman–Crippen MR) is 105 cm³/mol. The minimum Gasteiger partial charge on any atom is -0.383 e. The first-order valence-corrected chi connectivity index (χ1v) is 9.58. The molecule has 2 amide bonds. The van der Waals surface area contributed by atoms with E-state index in [1.165, 1.54) is 0 Å². The van der Waals surface area contributed by atoms with Gasteiger partial charge in [0.1, 0.15) is 0 Å². The molecule has 0 saturated heterocycles. The van der Waals surface area contributed by atoms with Crippen molar-refractivity contribution in [3.05, 3.63) is 45.7 Å². The van der Waals surface area contributed by atoms with Crippen LogP contribution in [0.4, 0.5) is 5.69 Å². The van der Waals surface area contributed by atoms with Crippen LogP contribution in [-0.4, -0.2) is 35.3 Å². The number of rotatable bonds is 6. The van der Waals surface area contributed by atoms with Crippen LogP contribution < -0.4 is 10.6 Å². The third kappa shape index (κ3) is 4.22. The van der Waals surface area contributed by atoms with Gasteiger partial charge in [-0.05, 0) is 44.4 Å². The molecule has 0 aliphatic heterocycles. The smallest absolute Gasteiger partial charge is 0.313 e.